The van der Waals surface area contributed by atoms with E-state index in [1.54, 1.807) is 0 Å². The van der Waals surface area contributed by atoms with Crippen molar-refractivity contribution in [1.82, 2.24) is 0 Å². The molecule has 0 radical (unpaired) electrons. The van der Waals surface area contributed by atoms with Crippen molar-refractivity contribution in [3.8, 4) is 0 Å². The SMILES string of the molecule is CCOC(=O)CCCCCCCCCCC(=O)O.Cl. The van der Waals surface area contributed by atoms with Crippen molar-refractivity contribution in [1.29, 1.82) is 0 Å². The highest BCUT2D eigenvalue weighted by Gasteiger charge is 2.00. The first kappa shape index (κ1) is 20.5. The summed E-state index contributed by atoms with van der Waals surface area (Å²) in [5.41, 5.74) is 0. The van der Waals surface area contributed by atoms with Gasteiger partial charge in [-0.15, -0.1) is 12.4 Å². The molecular weight excluding hydrogens is 268 g/mol. The summed E-state index contributed by atoms with van der Waals surface area (Å²) in [5, 5.41) is 8.46. The van der Waals surface area contributed by atoms with E-state index in [4.69, 9.17) is 9.84 Å². The number of carboxylic acids is 1. The summed E-state index contributed by atoms with van der Waals surface area (Å²) in [6.45, 7) is 2.29. The molecule has 19 heavy (non-hydrogen) atoms. The standard InChI is InChI=1S/C14H26O4.ClH/c1-2-18-14(17)12-10-8-6-4-3-5-7-9-11-13(15)16;/h2-12H2,1H3,(H,15,16);1H. The fourth-order valence-corrected chi connectivity index (χ4v) is 1.84. The second kappa shape index (κ2) is 15.3. The summed E-state index contributed by atoms with van der Waals surface area (Å²) in [5.74, 6) is -0.792. The quantitative estimate of drug-likeness (QED) is 0.437. The van der Waals surface area contributed by atoms with Crippen molar-refractivity contribution < 1.29 is 19.4 Å². The van der Waals surface area contributed by atoms with Gasteiger partial charge in [-0.05, 0) is 19.8 Å². The monoisotopic (exact) mass is 294 g/mol. The third-order valence-corrected chi connectivity index (χ3v) is 2.83. The van der Waals surface area contributed by atoms with Gasteiger partial charge in [0, 0.05) is 12.8 Å². The fraction of sp³-hybridized carbons (Fsp3) is 0.857. The van der Waals surface area contributed by atoms with Crippen LogP contribution in [-0.2, 0) is 14.3 Å². The molecule has 0 aromatic rings. The largest absolute Gasteiger partial charge is 0.481 e. The third-order valence-electron chi connectivity index (χ3n) is 2.83. The minimum Gasteiger partial charge on any atom is -0.481 e. The number of carbonyl (C=O) groups excluding carboxylic acids is 1. The van der Waals surface area contributed by atoms with E-state index in [-0.39, 0.29) is 18.4 Å². The molecule has 0 aromatic carbocycles. The van der Waals surface area contributed by atoms with Crippen molar-refractivity contribution in [3.05, 3.63) is 0 Å². The molecule has 0 aromatic heterocycles. The second-order valence-corrected chi connectivity index (χ2v) is 4.53. The lowest BCUT2D eigenvalue weighted by Crippen LogP contribution is -2.03. The molecular formula is C14H27ClO4. The summed E-state index contributed by atoms with van der Waals surface area (Å²) in [7, 11) is 0. The van der Waals surface area contributed by atoms with E-state index in [9.17, 15) is 9.59 Å². The predicted octanol–water partition coefficient (Wildman–Crippen LogP) is 3.96. The highest BCUT2D eigenvalue weighted by atomic mass is 35.5. The summed E-state index contributed by atoms with van der Waals surface area (Å²) in [6, 6.07) is 0. The molecule has 0 unspecified atom stereocenters. The van der Waals surface area contributed by atoms with Crippen molar-refractivity contribution >= 4 is 24.3 Å². The number of aliphatic carboxylic acids is 1. The average Bonchev–Trinajstić information content (AvgIpc) is 2.31. The first-order valence-electron chi connectivity index (χ1n) is 7.04. The Hall–Kier alpha value is -0.770. The highest BCUT2D eigenvalue weighted by Crippen LogP contribution is 2.10. The number of rotatable bonds is 12. The van der Waals surface area contributed by atoms with Crippen LogP contribution in [0, 0.1) is 0 Å². The summed E-state index contributed by atoms with van der Waals surface area (Å²) in [4.78, 5) is 21.3. The Balaban J connectivity index is 0. The smallest absolute Gasteiger partial charge is 0.305 e. The molecule has 114 valence electrons. The highest BCUT2D eigenvalue weighted by molar-refractivity contribution is 5.85. The predicted molar refractivity (Wildman–Crippen MR) is 77.7 cm³/mol. The van der Waals surface area contributed by atoms with Gasteiger partial charge in [0.1, 0.15) is 0 Å². The van der Waals surface area contributed by atoms with Crippen molar-refractivity contribution in [3.63, 3.8) is 0 Å². The second-order valence-electron chi connectivity index (χ2n) is 4.53. The van der Waals surface area contributed by atoms with Gasteiger partial charge in [0.25, 0.3) is 0 Å². The normalized spacial score (nSPS) is 9.74. The van der Waals surface area contributed by atoms with Crippen LogP contribution in [0.25, 0.3) is 0 Å². The first-order valence-corrected chi connectivity index (χ1v) is 7.04. The number of hydrogen-bond acceptors (Lipinski definition) is 3. The number of carbonyl (C=O) groups is 2. The molecule has 0 aliphatic carbocycles. The van der Waals surface area contributed by atoms with Crippen LogP contribution >= 0.6 is 12.4 Å². The van der Waals surface area contributed by atoms with Gasteiger partial charge in [-0.1, -0.05) is 38.5 Å². The molecule has 0 fully saturated rings. The van der Waals surface area contributed by atoms with E-state index in [0.717, 1.165) is 38.5 Å². The van der Waals surface area contributed by atoms with E-state index >= 15 is 0 Å². The van der Waals surface area contributed by atoms with Crippen LogP contribution in [0.5, 0.6) is 0 Å². The molecule has 0 aliphatic heterocycles. The number of unbranched alkanes of at least 4 members (excludes halogenated alkanes) is 7. The van der Waals surface area contributed by atoms with Crippen LogP contribution in [-0.4, -0.2) is 23.7 Å². The molecule has 0 aliphatic rings. The molecule has 0 amide bonds. The number of esters is 1. The minimum absolute atomic E-state index is 0. The van der Waals surface area contributed by atoms with Gasteiger partial charge in [-0.2, -0.15) is 0 Å². The molecule has 0 bridgehead atoms. The zero-order chi connectivity index (χ0) is 13.6. The topological polar surface area (TPSA) is 63.6 Å². The molecule has 0 saturated carbocycles. The van der Waals surface area contributed by atoms with Crippen LogP contribution in [0.4, 0.5) is 0 Å². The van der Waals surface area contributed by atoms with Crippen LogP contribution in [0.1, 0.15) is 71.1 Å². The number of halogens is 1. The van der Waals surface area contributed by atoms with Gasteiger partial charge in [-0.3, -0.25) is 9.59 Å². The van der Waals surface area contributed by atoms with Gasteiger partial charge in [0.2, 0.25) is 0 Å². The maximum Gasteiger partial charge on any atom is 0.305 e. The van der Waals surface area contributed by atoms with Crippen LogP contribution in [0.3, 0.4) is 0 Å². The van der Waals surface area contributed by atoms with Gasteiger partial charge < -0.3 is 9.84 Å². The number of hydrogen-bond donors (Lipinski definition) is 1. The lowest BCUT2D eigenvalue weighted by molar-refractivity contribution is -0.143. The van der Waals surface area contributed by atoms with Crippen molar-refractivity contribution in [2.45, 2.75) is 71.1 Å². The molecule has 0 heterocycles. The Labute approximate surface area is 122 Å². The fourth-order valence-electron chi connectivity index (χ4n) is 1.84. The maximum absolute atomic E-state index is 11.0. The van der Waals surface area contributed by atoms with E-state index in [0.29, 0.717) is 19.4 Å². The maximum atomic E-state index is 11.0. The zero-order valence-electron chi connectivity index (χ0n) is 11.9. The van der Waals surface area contributed by atoms with Crippen LogP contribution in [0.15, 0.2) is 0 Å². The Kier molecular flexibility index (Phi) is 16.5. The average molecular weight is 295 g/mol. The van der Waals surface area contributed by atoms with Gasteiger partial charge >= 0.3 is 11.9 Å². The number of ether oxygens (including phenoxy) is 1. The summed E-state index contributed by atoms with van der Waals surface area (Å²) < 4.78 is 4.85. The Morgan fingerprint density at radius 1 is 0.842 bits per heavy atom. The third kappa shape index (κ3) is 17.2. The van der Waals surface area contributed by atoms with Gasteiger partial charge in [0.15, 0.2) is 0 Å². The summed E-state index contributed by atoms with van der Waals surface area (Å²) >= 11 is 0. The van der Waals surface area contributed by atoms with Crippen molar-refractivity contribution in [2.75, 3.05) is 6.61 Å². The molecule has 0 rings (SSSR count). The van der Waals surface area contributed by atoms with Crippen molar-refractivity contribution in [2.24, 2.45) is 0 Å². The molecule has 5 heteroatoms. The Morgan fingerprint density at radius 2 is 1.26 bits per heavy atom. The van der Waals surface area contributed by atoms with Crippen LogP contribution in [0.2, 0.25) is 0 Å². The van der Waals surface area contributed by atoms with E-state index < -0.39 is 5.97 Å². The minimum atomic E-state index is -0.700. The Bertz CT molecular complexity index is 231. The summed E-state index contributed by atoms with van der Waals surface area (Å²) in [6.07, 6.45) is 9.23. The molecule has 1 N–H and O–H groups in total. The van der Waals surface area contributed by atoms with Gasteiger partial charge in [0.05, 0.1) is 6.61 Å². The molecule has 4 nitrogen and oxygen atoms in total. The van der Waals surface area contributed by atoms with E-state index in [2.05, 4.69) is 0 Å². The molecule has 0 saturated heterocycles. The lowest BCUT2D eigenvalue weighted by Gasteiger charge is -2.02. The van der Waals surface area contributed by atoms with Crippen LogP contribution < -0.4 is 0 Å². The zero-order valence-corrected chi connectivity index (χ0v) is 12.7. The number of carboxylic acid groups (broad SMARTS) is 1. The lowest BCUT2D eigenvalue weighted by atomic mass is 10.1. The van der Waals surface area contributed by atoms with E-state index in [1.165, 1.54) is 12.8 Å². The van der Waals surface area contributed by atoms with Gasteiger partial charge in [-0.25, -0.2) is 0 Å². The van der Waals surface area contributed by atoms with E-state index in [1.807, 2.05) is 6.92 Å². The first-order chi connectivity index (χ1) is 8.66. The molecule has 0 spiro atoms. The Morgan fingerprint density at radius 3 is 1.68 bits per heavy atom. The molecule has 0 atom stereocenters.